The molecule has 0 aliphatic carbocycles. The van der Waals surface area contributed by atoms with E-state index in [0.717, 1.165) is 11.4 Å². The quantitative estimate of drug-likeness (QED) is 0.432. The standard InChI is InChI=1S/C24H20ClFN4O/c1-29(20-13-9-18(26)10-14-20)16-23-28-22(24(31)27-19-5-3-2-4-6-19)15-30(23)21-11-7-17(25)8-12-21/h2-15H,16H2,1H3,(H,27,31). The number of para-hydroxylation sites is 1. The number of amides is 1. The minimum Gasteiger partial charge on any atom is -0.367 e. The van der Waals surface area contributed by atoms with Gasteiger partial charge < -0.3 is 14.8 Å². The van der Waals surface area contributed by atoms with Crippen LogP contribution in [-0.4, -0.2) is 22.5 Å². The van der Waals surface area contributed by atoms with Crippen LogP contribution >= 0.6 is 11.6 Å². The number of hydrogen-bond acceptors (Lipinski definition) is 3. The number of hydrogen-bond donors (Lipinski definition) is 1. The molecule has 1 N–H and O–H groups in total. The molecule has 0 aliphatic rings. The van der Waals surface area contributed by atoms with Crippen molar-refractivity contribution in [3.05, 3.63) is 107 Å². The molecule has 0 saturated carbocycles. The van der Waals surface area contributed by atoms with Gasteiger partial charge in [-0.3, -0.25) is 4.79 Å². The topological polar surface area (TPSA) is 50.2 Å². The Hall–Kier alpha value is -3.64. The number of imidazole rings is 1. The van der Waals surface area contributed by atoms with Gasteiger partial charge >= 0.3 is 0 Å². The van der Waals surface area contributed by atoms with Crippen LogP contribution < -0.4 is 10.2 Å². The molecule has 4 aromatic rings. The van der Waals surface area contributed by atoms with Crippen molar-refractivity contribution in [2.45, 2.75) is 6.54 Å². The zero-order chi connectivity index (χ0) is 21.8. The number of anilines is 2. The lowest BCUT2D eigenvalue weighted by Crippen LogP contribution is -2.19. The normalized spacial score (nSPS) is 10.7. The Morgan fingerprint density at radius 2 is 1.71 bits per heavy atom. The van der Waals surface area contributed by atoms with E-state index in [4.69, 9.17) is 11.6 Å². The minimum absolute atomic E-state index is 0.292. The Labute approximate surface area is 184 Å². The molecule has 1 amide bonds. The maximum atomic E-state index is 13.3. The highest BCUT2D eigenvalue weighted by Crippen LogP contribution is 2.21. The molecule has 0 fully saturated rings. The summed E-state index contributed by atoms with van der Waals surface area (Å²) in [5.74, 6) is 0.0663. The summed E-state index contributed by atoms with van der Waals surface area (Å²) in [5.41, 5.74) is 2.65. The number of nitrogens with zero attached hydrogens (tertiary/aromatic N) is 3. The first-order chi connectivity index (χ1) is 15.0. The van der Waals surface area contributed by atoms with Gasteiger partial charge in [-0.25, -0.2) is 9.37 Å². The van der Waals surface area contributed by atoms with Crippen LogP contribution in [0.25, 0.3) is 5.69 Å². The van der Waals surface area contributed by atoms with Crippen molar-refractivity contribution in [2.24, 2.45) is 0 Å². The number of nitrogens with one attached hydrogen (secondary N) is 1. The Morgan fingerprint density at radius 1 is 1.03 bits per heavy atom. The van der Waals surface area contributed by atoms with Gasteiger partial charge in [-0.1, -0.05) is 29.8 Å². The molecule has 0 saturated heterocycles. The van der Waals surface area contributed by atoms with Crippen LogP contribution in [0.3, 0.4) is 0 Å². The molecular formula is C24H20ClFN4O. The number of aromatic nitrogens is 2. The first kappa shape index (κ1) is 20.6. The van der Waals surface area contributed by atoms with Crippen LogP contribution in [-0.2, 0) is 6.54 Å². The summed E-state index contributed by atoms with van der Waals surface area (Å²) in [6.07, 6.45) is 1.70. The van der Waals surface area contributed by atoms with Crippen LogP contribution in [0.15, 0.2) is 85.1 Å². The maximum absolute atomic E-state index is 13.3. The van der Waals surface area contributed by atoms with E-state index in [2.05, 4.69) is 10.3 Å². The molecule has 0 atom stereocenters. The third-order valence-corrected chi connectivity index (χ3v) is 5.05. The third-order valence-electron chi connectivity index (χ3n) is 4.79. The molecule has 3 aromatic carbocycles. The van der Waals surface area contributed by atoms with Gasteiger partial charge in [0.2, 0.25) is 0 Å². The largest absolute Gasteiger partial charge is 0.367 e. The van der Waals surface area contributed by atoms with Crippen molar-refractivity contribution in [3.63, 3.8) is 0 Å². The molecule has 156 valence electrons. The van der Waals surface area contributed by atoms with Gasteiger partial charge in [0, 0.05) is 35.3 Å². The smallest absolute Gasteiger partial charge is 0.275 e. The first-order valence-electron chi connectivity index (χ1n) is 9.67. The van der Waals surface area contributed by atoms with E-state index in [1.165, 1.54) is 12.1 Å². The molecule has 1 aromatic heterocycles. The van der Waals surface area contributed by atoms with Crippen molar-refractivity contribution in [2.75, 3.05) is 17.3 Å². The van der Waals surface area contributed by atoms with E-state index < -0.39 is 0 Å². The van der Waals surface area contributed by atoms with Gasteiger partial charge in [0.15, 0.2) is 0 Å². The van der Waals surface area contributed by atoms with Crippen LogP contribution in [0.2, 0.25) is 5.02 Å². The number of carbonyl (C=O) groups is 1. The molecule has 31 heavy (non-hydrogen) atoms. The molecule has 0 aliphatic heterocycles. The van der Waals surface area contributed by atoms with Gasteiger partial charge in [0.1, 0.15) is 17.3 Å². The maximum Gasteiger partial charge on any atom is 0.275 e. The van der Waals surface area contributed by atoms with E-state index in [0.29, 0.717) is 28.8 Å². The van der Waals surface area contributed by atoms with Crippen LogP contribution in [0.1, 0.15) is 16.3 Å². The Bertz CT molecular complexity index is 1170. The average molecular weight is 435 g/mol. The Balaban J connectivity index is 1.65. The fourth-order valence-corrected chi connectivity index (χ4v) is 3.31. The lowest BCUT2D eigenvalue weighted by atomic mass is 10.3. The Kier molecular flexibility index (Phi) is 6.00. The van der Waals surface area contributed by atoms with Gasteiger partial charge in [-0.05, 0) is 60.7 Å². The van der Waals surface area contributed by atoms with Crippen molar-refractivity contribution in [1.82, 2.24) is 9.55 Å². The van der Waals surface area contributed by atoms with Crippen LogP contribution in [0.4, 0.5) is 15.8 Å². The predicted molar refractivity (Wildman–Crippen MR) is 121 cm³/mol. The SMILES string of the molecule is CN(Cc1nc(C(=O)Nc2ccccc2)cn1-c1ccc(Cl)cc1)c1ccc(F)cc1. The van der Waals surface area contributed by atoms with E-state index in [1.807, 2.05) is 59.0 Å². The van der Waals surface area contributed by atoms with Gasteiger partial charge in [-0.15, -0.1) is 0 Å². The van der Waals surface area contributed by atoms with Crippen molar-refractivity contribution in [3.8, 4) is 5.69 Å². The Morgan fingerprint density at radius 3 is 2.39 bits per heavy atom. The fourth-order valence-electron chi connectivity index (χ4n) is 3.18. The molecule has 0 bridgehead atoms. The number of rotatable bonds is 6. The highest BCUT2D eigenvalue weighted by Gasteiger charge is 2.17. The number of benzene rings is 3. The summed E-state index contributed by atoms with van der Waals surface area (Å²) in [6, 6.07) is 22.8. The van der Waals surface area contributed by atoms with Crippen molar-refractivity contribution >= 4 is 28.9 Å². The lowest BCUT2D eigenvalue weighted by molar-refractivity contribution is 0.102. The zero-order valence-electron chi connectivity index (χ0n) is 16.8. The van der Waals surface area contributed by atoms with E-state index in [1.54, 1.807) is 30.5 Å². The third kappa shape index (κ3) is 4.92. The molecule has 7 heteroatoms. The minimum atomic E-state index is -0.301. The first-order valence-corrected chi connectivity index (χ1v) is 10.0. The molecule has 4 rings (SSSR count). The summed E-state index contributed by atoms with van der Waals surface area (Å²) in [6.45, 7) is 0.410. The summed E-state index contributed by atoms with van der Waals surface area (Å²) in [4.78, 5) is 19.3. The fraction of sp³-hybridized carbons (Fsp3) is 0.0833. The van der Waals surface area contributed by atoms with Crippen molar-refractivity contribution < 1.29 is 9.18 Å². The summed E-state index contributed by atoms with van der Waals surface area (Å²) in [7, 11) is 1.89. The van der Waals surface area contributed by atoms with E-state index in [9.17, 15) is 9.18 Å². The van der Waals surface area contributed by atoms with Gasteiger partial charge in [0.05, 0.1) is 6.54 Å². The summed E-state index contributed by atoms with van der Waals surface area (Å²) in [5, 5.41) is 3.48. The zero-order valence-corrected chi connectivity index (χ0v) is 17.6. The van der Waals surface area contributed by atoms with Crippen LogP contribution in [0.5, 0.6) is 0 Å². The second-order valence-corrected chi connectivity index (χ2v) is 7.48. The molecular weight excluding hydrogens is 415 g/mol. The molecule has 5 nitrogen and oxygen atoms in total. The summed E-state index contributed by atoms with van der Waals surface area (Å²) >= 11 is 6.03. The highest BCUT2D eigenvalue weighted by atomic mass is 35.5. The molecule has 0 radical (unpaired) electrons. The van der Waals surface area contributed by atoms with E-state index >= 15 is 0 Å². The highest BCUT2D eigenvalue weighted by molar-refractivity contribution is 6.30. The molecule has 0 unspecified atom stereocenters. The molecule has 0 spiro atoms. The number of halogens is 2. The van der Waals surface area contributed by atoms with Crippen LogP contribution in [0, 0.1) is 5.82 Å². The number of carbonyl (C=O) groups excluding carboxylic acids is 1. The monoisotopic (exact) mass is 434 g/mol. The predicted octanol–water partition coefficient (Wildman–Crippen LogP) is 5.55. The molecule has 1 heterocycles. The average Bonchev–Trinajstić information content (AvgIpc) is 3.19. The second kappa shape index (κ2) is 9.02. The lowest BCUT2D eigenvalue weighted by Gasteiger charge is -2.19. The van der Waals surface area contributed by atoms with E-state index in [-0.39, 0.29) is 11.7 Å². The van der Waals surface area contributed by atoms with Gasteiger partial charge in [0.25, 0.3) is 5.91 Å². The van der Waals surface area contributed by atoms with Crippen molar-refractivity contribution in [1.29, 1.82) is 0 Å². The van der Waals surface area contributed by atoms with Gasteiger partial charge in [-0.2, -0.15) is 0 Å². The second-order valence-electron chi connectivity index (χ2n) is 7.04. The summed E-state index contributed by atoms with van der Waals surface area (Å²) < 4.78 is 15.1.